The van der Waals surface area contributed by atoms with Crippen LogP contribution < -0.4 is 9.47 Å². The number of ether oxygens (including phenoxy) is 2. The summed E-state index contributed by atoms with van der Waals surface area (Å²) in [5, 5.41) is 0. The molecule has 140 valence electrons. The van der Waals surface area contributed by atoms with E-state index in [-0.39, 0.29) is 23.6 Å². The van der Waals surface area contributed by atoms with E-state index >= 15 is 0 Å². The van der Waals surface area contributed by atoms with E-state index in [4.69, 9.17) is 9.47 Å². The van der Waals surface area contributed by atoms with Gasteiger partial charge >= 0.3 is 6.01 Å². The number of hydrogen-bond acceptors (Lipinski definition) is 6. The number of aromatic nitrogens is 2. The van der Waals surface area contributed by atoms with Crippen molar-refractivity contribution in [1.29, 1.82) is 0 Å². The van der Waals surface area contributed by atoms with Crippen LogP contribution >= 0.6 is 15.9 Å². The molecule has 0 aliphatic carbocycles. The lowest BCUT2D eigenvalue weighted by Gasteiger charge is -2.31. The summed E-state index contributed by atoms with van der Waals surface area (Å²) >= 11 is 3.27. The number of nitrogens with zero attached hydrogens (tertiary/aromatic N) is 3. The summed E-state index contributed by atoms with van der Waals surface area (Å²) < 4.78 is 39.1. The number of benzene rings is 1. The van der Waals surface area contributed by atoms with Gasteiger partial charge in [0.15, 0.2) is 0 Å². The molecule has 0 amide bonds. The van der Waals surface area contributed by atoms with Gasteiger partial charge in [-0.3, -0.25) is 0 Å². The third-order valence-corrected chi connectivity index (χ3v) is 6.27. The first-order valence-corrected chi connectivity index (χ1v) is 10.6. The SMILES string of the molecule is CCOc1ccc(S(=O)(=O)N2CCCC(Oc3ncc(Br)cn3)C2)cc1. The molecule has 1 unspecified atom stereocenters. The maximum atomic E-state index is 12.9. The Morgan fingerprint density at radius 3 is 2.58 bits per heavy atom. The molecule has 1 aromatic heterocycles. The van der Waals surface area contributed by atoms with Crippen LogP contribution in [0, 0.1) is 0 Å². The largest absolute Gasteiger partial charge is 0.494 e. The molecule has 9 heteroatoms. The van der Waals surface area contributed by atoms with Crippen molar-refractivity contribution in [2.24, 2.45) is 0 Å². The maximum absolute atomic E-state index is 12.9. The van der Waals surface area contributed by atoms with E-state index in [0.29, 0.717) is 18.9 Å². The molecule has 1 aliphatic rings. The van der Waals surface area contributed by atoms with Crippen LogP contribution in [0.15, 0.2) is 46.0 Å². The summed E-state index contributed by atoms with van der Waals surface area (Å²) in [5.41, 5.74) is 0. The fourth-order valence-corrected chi connectivity index (χ4v) is 4.47. The van der Waals surface area contributed by atoms with Gasteiger partial charge in [-0.25, -0.2) is 18.4 Å². The van der Waals surface area contributed by atoms with E-state index < -0.39 is 10.0 Å². The van der Waals surface area contributed by atoms with Gasteiger partial charge in [-0.05, 0) is 60.0 Å². The fourth-order valence-electron chi connectivity index (χ4n) is 2.75. The lowest BCUT2D eigenvalue weighted by atomic mass is 10.1. The fraction of sp³-hybridized carbons (Fsp3) is 0.412. The van der Waals surface area contributed by atoms with E-state index in [1.54, 1.807) is 36.7 Å². The molecule has 0 bridgehead atoms. The average molecular weight is 442 g/mol. The summed E-state index contributed by atoms with van der Waals surface area (Å²) in [6, 6.07) is 6.73. The minimum absolute atomic E-state index is 0.249. The van der Waals surface area contributed by atoms with Gasteiger partial charge in [0.1, 0.15) is 11.9 Å². The smallest absolute Gasteiger partial charge is 0.316 e. The van der Waals surface area contributed by atoms with Crippen molar-refractivity contribution in [3.63, 3.8) is 0 Å². The molecule has 0 spiro atoms. The zero-order chi connectivity index (χ0) is 18.6. The van der Waals surface area contributed by atoms with Gasteiger partial charge in [0.05, 0.1) is 22.5 Å². The number of halogens is 1. The minimum atomic E-state index is -3.58. The highest BCUT2D eigenvalue weighted by atomic mass is 79.9. The maximum Gasteiger partial charge on any atom is 0.316 e. The number of hydrogen-bond donors (Lipinski definition) is 0. The number of piperidine rings is 1. The third-order valence-electron chi connectivity index (χ3n) is 3.98. The molecule has 0 N–H and O–H groups in total. The molecule has 1 aliphatic heterocycles. The van der Waals surface area contributed by atoms with E-state index in [1.165, 1.54) is 4.31 Å². The van der Waals surface area contributed by atoms with Crippen LogP contribution in [0.1, 0.15) is 19.8 Å². The van der Waals surface area contributed by atoms with Crippen LogP contribution in [-0.4, -0.2) is 48.5 Å². The van der Waals surface area contributed by atoms with Gasteiger partial charge in [0, 0.05) is 18.9 Å². The normalized spacial score (nSPS) is 18.5. The summed E-state index contributed by atoms with van der Waals surface area (Å²) in [4.78, 5) is 8.42. The predicted molar refractivity (Wildman–Crippen MR) is 99.8 cm³/mol. The topological polar surface area (TPSA) is 81.6 Å². The van der Waals surface area contributed by atoms with E-state index in [1.807, 2.05) is 6.92 Å². The van der Waals surface area contributed by atoms with Crippen LogP contribution in [0.25, 0.3) is 0 Å². The first kappa shape index (κ1) is 19.1. The molecule has 3 rings (SSSR count). The molecule has 0 radical (unpaired) electrons. The van der Waals surface area contributed by atoms with Crippen LogP contribution in [0.5, 0.6) is 11.8 Å². The van der Waals surface area contributed by atoms with Crippen molar-refractivity contribution in [2.45, 2.75) is 30.8 Å². The van der Waals surface area contributed by atoms with Gasteiger partial charge in [0.2, 0.25) is 10.0 Å². The lowest BCUT2D eigenvalue weighted by Crippen LogP contribution is -2.44. The van der Waals surface area contributed by atoms with Crippen molar-refractivity contribution < 1.29 is 17.9 Å². The second-order valence-electron chi connectivity index (χ2n) is 5.83. The number of rotatable bonds is 6. The van der Waals surface area contributed by atoms with Crippen molar-refractivity contribution >= 4 is 26.0 Å². The second-order valence-corrected chi connectivity index (χ2v) is 8.69. The molecule has 2 heterocycles. The first-order valence-electron chi connectivity index (χ1n) is 8.36. The zero-order valence-electron chi connectivity index (χ0n) is 14.3. The Morgan fingerprint density at radius 1 is 1.23 bits per heavy atom. The Hall–Kier alpha value is -1.71. The van der Waals surface area contributed by atoms with E-state index in [2.05, 4.69) is 25.9 Å². The molecular weight excluding hydrogens is 422 g/mol. The molecule has 7 nitrogen and oxygen atoms in total. The van der Waals surface area contributed by atoms with Crippen LogP contribution in [-0.2, 0) is 10.0 Å². The first-order chi connectivity index (χ1) is 12.5. The van der Waals surface area contributed by atoms with E-state index in [9.17, 15) is 8.42 Å². The van der Waals surface area contributed by atoms with Crippen LogP contribution in [0.4, 0.5) is 0 Å². The predicted octanol–water partition coefficient (Wildman–Crippen LogP) is 2.87. The minimum Gasteiger partial charge on any atom is -0.494 e. The summed E-state index contributed by atoms with van der Waals surface area (Å²) in [6.07, 6.45) is 4.40. The average Bonchev–Trinajstić information content (AvgIpc) is 2.65. The van der Waals surface area contributed by atoms with E-state index in [0.717, 1.165) is 17.3 Å². The Morgan fingerprint density at radius 2 is 1.92 bits per heavy atom. The van der Waals surface area contributed by atoms with Gasteiger partial charge in [0.25, 0.3) is 0 Å². The van der Waals surface area contributed by atoms with Gasteiger partial charge < -0.3 is 9.47 Å². The standard InChI is InChI=1S/C17H20BrN3O4S/c1-2-24-14-5-7-16(8-6-14)26(22,23)21-9-3-4-15(12-21)25-17-19-10-13(18)11-20-17/h5-8,10-11,15H,2-4,9,12H2,1H3. The quantitative estimate of drug-likeness (QED) is 0.685. The van der Waals surface area contributed by atoms with Crippen LogP contribution in [0.3, 0.4) is 0 Å². The number of sulfonamides is 1. The highest BCUT2D eigenvalue weighted by Gasteiger charge is 2.31. The highest BCUT2D eigenvalue weighted by molar-refractivity contribution is 9.10. The highest BCUT2D eigenvalue weighted by Crippen LogP contribution is 2.24. The Kier molecular flexibility index (Phi) is 6.10. The molecule has 1 fully saturated rings. The van der Waals surface area contributed by atoms with Crippen molar-refractivity contribution in [3.8, 4) is 11.8 Å². The molecular formula is C17H20BrN3O4S. The molecule has 1 saturated heterocycles. The molecule has 1 atom stereocenters. The van der Waals surface area contributed by atoms with Gasteiger partial charge in [-0.15, -0.1) is 0 Å². The zero-order valence-corrected chi connectivity index (χ0v) is 16.7. The lowest BCUT2D eigenvalue weighted by molar-refractivity contribution is 0.119. The van der Waals surface area contributed by atoms with Crippen LogP contribution in [0.2, 0.25) is 0 Å². The monoisotopic (exact) mass is 441 g/mol. The van der Waals surface area contributed by atoms with Crippen molar-refractivity contribution in [2.75, 3.05) is 19.7 Å². The van der Waals surface area contributed by atoms with Gasteiger partial charge in [-0.1, -0.05) is 0 Å². The van der Waals surface area contributed by atoms with Gasteiger partial charge in [-0.2, -0.15) is 4.31 Å². The summed E-state index contributed by atoms with van der Waals surface area (Å²) in [5.74, 6) is 0.652. The summed E-state index contributed by atoms with van der Waals surface area (Å²) in [6.45, 7) is 3.16. The molecule has 1 aromatic carbocycles. The second kappa shape index (κ2) is 8.32. The molecule has 26 heavy (non-hydrogen) atoms. The van der Waals surface area contributed by atoms with Crippen molar-refractivity contribution in [3.05, 3.63) is 41.1 Å². The summed E-state index contributed by atoms with van der Waals surface area (Å²) in [7, 11) is -3.58. The Labute approximate surface area is 161 Å². The Bertz CT molecular complexity index is 828. The van der Waals surface area contributed by atoms with Crippen molar-refractivity contribution in [1.82, 2.24) is 14.3 Å². The third kappa shape index (κ3) is 4.52. The Balaban J connectivity index is 1.70. The molecule has 0 saturated carbocycles. The molecule has 2 aromatic rings.